The number of nitrogens with zero attached hydrogens (tertiary/aromatic N) is 1. The molecule has 0 saturated heterocycles. The van der Waals surface area contributed by atoms with Crippen molar-refractivity contribution in [3.63, 3.8) is 0 Å². The minimum absolute atomic E-state index is 0.0925. The zero-order valence-corrected chi connectivity index (χ0v) is 6.45. The third-order valence-corrected chi connectivity index (χ3v) is 1.75. The first-order valence-corrected chi connectivity index (χ1v) is 3.37. The second-order valence-electron chi connectivity index (χ2n) is 2.75. The van der Waals surface area contributed by atoms with Crippen molar-refractivity contribution in [1.29, 1.82) is 0 Å². The molecule has 1 unspecified atom stereocenters. The molecular weight excluding hydrogens is 165 g/mol. The molecule has 1 aliphatic carbocycles. The van der Waals surface area contributed by atoms with E-state index >= 15 is 0 Å². The highest BCUT2D eigenvalue weighted by atomic mass is 19.1. The van der Waals surface area contributed by atoms with Crippen molar-refractivity contribution < 1.29 is 14.4 Å². The van der Waals surface area contributed by atoms with Crippen molar-refractivity contribution in [1.82, 2.24) is 0 Å². The van der Waals surface area contributed by atoms with E-state index in [9.17, 15) is 14.5 Å². The van der Waals surface area contributed by atoms with Gasteiger partial charge in [-0.15, -0.1) is 0 Å². The average molecular weight is 173 g/mol. The first kappa shape index (κ1) is 8.70. The maximum absolute atomic E-state index is 13.2. The first-order chi connectivity index (χ1) is 5.46. The van der Waals surface area contributed by atoms with E-state index in [2.05, 4.69) is 0 Å². The summed E-state index contributed by atoms with van der Waals surface area (Å²) < 4.78 is 13.2. The summed E-state index contributed by atoms with van der Waals surface area (Å²) in [7, 11) is 0. The fourth-order valence-electron chi connectivity index (χ4n) is 0.996. The normalized spacial score (nSPS) is 29.2. The van der Waals surface area contributed by atoms with Gasteiger partial charge in [-0.05, 0) is 18.6 Å². The molecule has 0 fully saturated rings. The van der Waals surface area contributed by atoms with Crippen LogP contribution in [-0.4, -0.2) is 15.8 Å². The molecule has 0 aromatic heterocycles. The van der Waals surface area contributed by atoms with Gasteiger partial charge in [-0.2, -0.15) is 4.39 Å². The zero-order chi connectivity index (χ0) is 9.35. The molecule has 4 nitrogen and oxygen atoms in total. The van der Waals surface area contributed by atoms with Gasteiger partial charge < -0.3 is 5.11 Å². The number of nitro groups is 1. The fraction of sp³-hybridized carbons (Fsp3) is 0.429. The lowest BCUT2D eigenvalue weighted by molar-refractivity contribution is -0.589. The van der Waals surface area contributed by atoms with Crippen LogP contribution >= 0.6 is 0 Å². The second-order valence-corrected chi connectivity index (χ2v) is 2.75. The van der Waals surface area contributed by atoms with Crippen LogP contribution < -0.4 is 0 Å². The van der Waals surface area contributed by atoms with E-state index in [0.717, 1.165) is 12.2 Å². The van der Waals surface area contributed by atoms with E-state index in [1.165, 1.54) is 6.92 Å². The number of rotatable bonds is 1. The lowest BCUT2D eigenvalue weighted by atomic mass is 9.99. The van der Waals surface area contributed by atoms with Gasteiger partial charge in [-0.25, -0.2) is 0 Å². The van der Waals surface area contributed by atoms with E-state index in [0.29, 0.717) is 0 Å². The highest BCUT2D eigenvalue weighted by molar-refractivity contribution is 5.26. The Morgan fingerprint density at radius 1 is 1.83 bits per heavy atom. The molecule has 66 valence electrons. The smallest absolute Gasteiger partial charge is 0.382 e. The highest BCUT2D eigenvalue weighted by Crippen LogP contribution is 2.29. The molecule has 0 amide bonds. The second kappa shape index (κ2) is 2.58. The minimum atomic E-state index is -2.55. The monoisotopic (exact) mass is 173 g/mol. The Morgan fingerprint density at radius 2 is 2.42 bits per heavy atom. The van der Waals surface area contributed by atoms with Crippen molar-refractivity contribution in [3.8, 4) is 0 Å². The maximum atomic E-state index is 13.2. The van der Waals surface area contributed by atoms with Crippen LogP contribution in [0, 0.1) is 10.1 Å². The summed E-state index contributed by atoms with van der Waals surface area (Å²) in [5.41, 5.74) is 0.289. The summed E-state index contributed by atoms with van der Waals surface area (Å²) in [5, 5.41) is 19.2. The van der Waals surface area contributed by atoms with E-state index in [1.54, 1.807) is 0 Å². The SMILES string of the molecule is CC1=C(O)C=CC(F)([N+](=O)[O-])C1. The Labute approximate surface area is 68.2 Å². The first-order valence-electron chi connectivity index (χ1n) is 3.37. The summed E-state index contributed by atoms with van der Waals surface area (Å²) in [4.78, 5) is 9.20. The lowest BCUT2D eigenvalue weighted by Crippen LogP contribution is -2.32. The molecule has 0 aromatic rings. The average Bonchev–Trinajstić information content (AvgIpc) is 1.97. The summed E-state index contributed by atoms with van der Waals surface area (Å²) in [6.45, 7) is 1.46. The topological polar surface area (TPSA) is 63.4 Å². The summed E-state index contributed by atoms with van der Waals surface area (Å²) in [5.74, 6) is -2.64. The van der Waals surface area contributed by atoms with Crippen LogP contribution in [0.25, 0.3) is 0 Å². The van der Waals surface area contributed by atoms with Gasteiger partial charge in [-0.1, -0.05) is 0 Å². The highest BCUT2D eigenvalue weighted by Gasteiger charge is 2.42. The third kappa shape index (κ3) is 1.30. The van der Waals surface area contributed by atoms with Crippen molar-refractivity contribution in [3.05, 3.63) is 33.6 Å². The Kier molecular flexibility index (Phi) is 1.87. The molecule has 12 heavy (non-hydrogen) atoms. The molecule has 0 radical (unpaired) electrons. The molecule has 0 heterocycles. The fourth-order valence-corrected chi connectivity index (χ4v) is 0.996. The molecular formula is C7H8FNO3. The van der Waals surface area contributed by atoms with Gasteiger partial charge in [-0.3, -0.25) is 10.1 Å². The molecule has 5 heteroatoms. The van der Waals surface area contributed by atoms with Crippen LogP contribution in [0.1, 0.15) is 13.3 Å². The van der Waals surface area contributed by atoms with Gasteiger partial charge in [0.05, 0.1) is 11.3 Å². The summed E-state index contributed by atoms with van der Waals surface area (Å²) >= 11 is 0. The van der Waals surface area contributed by atoms with Gasteiger partial charge in [0.25, 0.3) is 0 Å². The number of aliphatic hydroxyl groups is 1. The van der Waals surface area contributed by atoms with Crippen LogP contribution in [0.15, 0.2) is 23.5 Å². The predicted octanol–water partition coefficient (Wildman–Crippen LogP) is 1.72. The maximum Gasteiger partial charge on any atom is 0.382 e. The van der Waals surface area contributed by atoms with Gasteiger partial charge in [0.15, 0.2) is 0 Å². The van der Waals surface area contributed by atoms with E-state index in [-0.39, 0.29) is 17.8 Å². The standard InChI is InChI=1S/C7H8FNO3/c1-5-4-7(8,9(11)12)3-2-6(5)10/h2-3,10H,4H2,1H3. The quantitative estimate of drug-likeness (QED) is 0.373. The molecule has 0 bridgehead atoms. The molecule has 0 aliphatic heterocycles. The Bertz CT molecular complexity index is 284. The van der Waals surface area contributed by atoms with E-state index in [1.807, 2.05) is 0 Å². The van der Waals surface area contributed by atoms with E-state index in [4.69, 9.17) is 5.11 Å². The predicted molar refractivity (Wildman–Crippen MR) is 39.9 cm³/mol. The molecule has 0 saturated carbocycles. The number of halogens is 1. The number of aliphatic hydroxyl groups excluding tert-OH is 1. The number of allylic oxidation sites excluding steroid dienone is 1. The van der Waals surface area contributed by atoms with Gasteiger partial charge in [0.2, 0.25) is 0 Å². The Balaban J connectivity index is 2.94. The summed E-state index contributed by atoms with van der Waals surface area (Å²) in [6, 6.07) is 0. The molecule has 0 spiro atoms. The van der Waals surface area contributed by atoms with Crippen LogP contribution in [0.5, 0.6) is 0 Å². The van der Waals surface area contributed by atoms with Crippen LogP contribution in [0.4, 0.5) is 4.39 Å². The Hall–Kier alpha value is -1.39. The zero-order valence-electron chi connectivity index (χ0n) is 6.45. The molecule has 0 aromatic carbocycles. The number of alkyl halides is 1. The van der Waals surface area contributed by atoms with Crippen LogP contribution in [0.2, 0.25) is 0 Å². The third-order valence-electron chi connectivity index (χ3n) is 1.75. The van der Waals surface area contributed by atoms with Gasteiger partial charge >= 0.3 is 5.79 Å². The van der Waals surface area contributed by atoms with Crippen molar-refractivity contribution in [2.24, 2.45) is 0 Å². The number of hydrogen-bond donors (Lipinski definition) is 1. The number of hydrogen-bond acceptors (Lipinski definition) is 3. The molecule has 1 rings (SSSR count). The van der Waals surface area contributed by atoms with Gasteiger partial charge in [0, 0.05) is 6.08 Å². The van der Waals surface area contributed by atoms with Crippen molar-refractivity contribution in [2.75, 3.05) is 0 Å². The molecule has 1 aliphatic rings. The van der Waals surface area contributed by atoms with E-state index < -0.39 is 10.7 Å². The lowest BCUT2D eigenvalue weighted by Gasteiger charge is -2.16. The largest absolute Gasteiger partial charge is 0.508 e. The summed E-state index contributed by atoms with van der Waals surface area (Å²) in [6.07, 6.45) is 1.39. The molecule has 1 N–H and O–H groups in total. The van der Waals surface area contributed by atoms with Crippen LogP contribution in [-0.2, 0) is 0 Å². The van der Waals surface area contributed by atoms with Crippen molar-refractivity contribution >= 4 is 0 Å². The van der Waals surface area contributed by atoms with Gasteiger partial charge in [0.1, 0.15) is 5.76 Å². The molecule has 1 atom stereocenters. The minimum Gasteiger partial charge on any atom is -0.508 e. The van der Waals surface area contributed by atoms with Crippen molar-refractivity contribution in [2.45, 2.75) is 19.1 Å². The van der Waals surface area contributed by atoms with Crippen LogP contribution in [0.3, 0.4) is 0 Å². The Morgan fingerprint density at radius 3 is 2.83 bits per heavy atom.